The summed E-state index contributed by atoms with van der Waals surface area (Å²) >= 11 is 0. The average molecular weight is 143 g/mol. The lowest BCUT2D eigenvalue weighted by molar-refractivity contribution is 0.561. The fourth-order valence-corrected chi connectivity index (χ4v) is 0.825. The fourth-order valence-electron chi connectivity index (χ4n) is 0.825. The molecule has 0 aliphatic carbocycles. The maximum atomic E-state index is 6.69. The van der Waals surface area contributed by atoms with E-state index in [4.69, 9.17) is 11.3 Å². The van der Waals surface area contributed by atoms with Gasteiger partial charge in [-0.25, -0.2) is 5.53 Å². The first kappa shape index (κ1) is 9.56. The van der Waals surface area contributed by atoms with Gasteiger partial charge < -0.3 is 5.73 Å². The Labute approximate surface area is 62.5 Å². The second-order valence-corrected chi connectivity index (χ2v) is 2.62. The van der Waals surface area contributed by atoms with E-state index < -0.39 is 0 Å². The first-order valence-corrected chi connectivity index (χ1v) is 3.88. The van der Waals surface area contributed by atoms with Crippen molar-refractivity contribution >= 4 is 0 Å². The van der Waals surface area contributed by atoms with Crippen molar-refractivity contribution in [2.75, 3.05) is 6.54 Å². The van der Waals surface area contributed by atoms with E-state index in [1.54, 1.807) is 0 Å². The number of hydrogen-bond acceptors (Lipinski definition) is 3. The highest BCUT2D eigenvalue weighted by Gasteiger charge is 1.96. The Kier molecular flexibility index (Phi) is 6.38. The number of hydrogen-bond donors (Lipinski definition) is 2. The molecule has 0 rings (SSSR count). The van der Waals surface area contributed by atoms with Gasteiger partial charge in [0.25, 0.3) is 0 Å². The van der Waals surface area contributed by atoms with Crippen LogP contribution in [0.15, 0.2) is 5.11 Å². The Morgan fingerprint density at radius 2 is 2.10 bits per heavy atom. The molecular formula is C7H17N3. The first-order chi connectivity index (χ1) is 4.81. The predicted molar refractivity (Wildman–Crippen MR) is 42.1 cm³/mol. The molecule has 1 atom stereocenters. The summed E-state index contributed by atoms with van der Waals surface area (Å²) in [6.07, 6.45) is 4.46. The Balaban J connectivity index is 2.95. The molecule has 0 aromatic carbocycles. The van der Waals surface area contributed by atoms with Crippen LogP contribution in [-0.4, -0.2) is 12.6 Å². The van der Waals surface area contributed by atoms with E-state index in [0.29, 0.717) is 0 Å². The number of nitrogens with zero attached hydrogens (tertiary/aromatic N) is 1. The van der Waals surface area contributed by atoms with Gasteiger partial charge in [-0.3, -0.25) is 0 Å². The molecular weight excluding hydrogens is 126 g/mol. The summed E-state index contributed by atoms with van der Waals surface area (Å²) in [5.41, 5.74) is 12.0. The van der Waals surface area contributed by atoms with Crippen molar-refractivity contribution in [3.63, 3.8) is 0 Å². The van der Waals surface area contributed by atoms with Crippen LogP contribution in [0.2, 0.25) is 0 Å². The van der Waals surface area contributed by atoms with Gasteiger partial charge in [0, 0.05) is 0 Å². The number of rotatable bonds is 6. The van der Waals surface area contributed by atoms with E-state index in [2.05, 4.69) is 5.11 Å². The van der Waals surface area contributed by atoms with Crippen LogP contribution >= 0.6 is 0 Å². The van der Waals surface area contributed by atoms with Gasteiger partial charge in [-0.2, -0.15) is 5.11 Å². The topological polar surface area (TPSA) is 62.2 Å². The summed E-state index contributed by atoms with van der Waals surface area (Å²) in [5.74, 6) is 0. The molecule has 0 heterocycles. The summed E-state index contributed by atoms with van der Waals surface area (Å²) in [4.78, 5) is 0. The number of unbranched alkanes of at least 4 members (excludes halogenated alkanes) is 2. The minimum atomic E-state index is 0.206. The molecule has 10 heavy (non-hydrogen) atoms. The summed E-state index contributed by atoms with van der Waals surface area (Å²) in [5, 5.41) is 3.40. The standard InChI is InChI=1S/C7H17N3/c1-7(10-9)5-3-2-4-6-8/h7,9H,2-6,8H2,1H3. The van der Waals surface area contributed by atoms with Gasteiger partial charge >= 0.3 is 0 Å². The lowest BCUT2D eigenvalue weighted by atomic mass is 10.1. The van der Waals surface area contributed by atoms with E-state index in [-0.39, 0.29) is 6.04 Å². The lowest BCUT2D eigenvalue weighted by Crippen LogP contribution is -2.00. The van der Waals surface area contributed by atoms with Crippen molar-refractivity contribution in [3.8, 4) is 0 Å². The monoisotopic (exact) mass is 143 g/mol. The Bertz CT molecular complexity index is 82.9. The van der Waals surface area contributed by atoms with Crippen LogP contribution < -0.4 is 5.73 Å². The molecule has 0 saturated carbocycles. The van der Waals surface area contributed by atoms with Crippen LogP contribution in [0, 0.1) is 5.53 Å². The zero-order chi connectivity index (χ0) is 7.82. The lowest BCUT2D eigenvalue weighted by Gasteiger charge is -2.01. The van der Waals surface area contributed by atoms with Crippen LogP contribution in [0.4, 0.5) is 0 Å². The van der Waals surface area contributed by atoms with Crippen molar-refractivity contribution in [1.29, 1.82) is 5.53 Å². The molecule has 3 N–H and O–H groups in total. The number of nitrogens with one attached hydrogen (secondary N) is 1. The average Bonchev–Trinajstić information content (AvgIpc) is 1.98. The highest BCUT2D eigenvalue weighted by Crippen LogP contribution is 2.04. The summed E-state index contributed by atoms with van der Waals surface area (Å²) in [6.45, 7) is 2.75. The van der Waals surface area contributed by atoms with E-state index >= 15 is 0 Å². The quantitative estimate of drug-likeness (QED) is 0.433. The smallest absolute Gasteiger partial charge is 0.0677 e. The summed E-state index contributed by atoms with van der Waals surface area (Å²) in [7, 11) is 0. The maximum Gasteiger partial charge on any atom is 0.0677 e. The van der Waals surface area contributed by atoms with E-state index in [9.17, 15) is 0 Å². The summed E-state index contributed by atoms with van der Waals surface area (Å²) in [6, 6.07) is 0.206. The van der Waals surface area contributed by atoms with Gasteiger partial charge in [0.1, 0.15) is 0 Å². The zero-order valence-corrected chi connectivity index (χ0v) is 6.64. The third-order valence-electron chi connectivity index (χ3n) is 1.55. The Hall–Kier alpha value is -0.440. The molecule has 60 valence electrons. The van der Waals surface area contributed by atoms with Crippen molar-refractivity contribution < 1.29 is 0 Å². The molecule has 1 unspecified atom stereocenters. The molecule has 0 fully saturated rings. The van der Waals surface area contributed by atoms with Gasteiger partial charge in [-0.05, 0) is 26.3 Å². The van der Waals surface area contributed by atoms with Crippen LogP contribution in [-0.2, 0) is 0 Å². The second kappa shape index (κ2) is 6.68. The predicted octanol–water partition coefficient (Wildman–Crippen LogP) is 1.92. The molecule has 0 amide bonds. The SMILES string of the molecule is CC(CCCCCN)N=N. The van der Waals surface area contributed by atoms with Gasteiger partial charge in [0.2, 0.25) is 0 Å². The minimum absolute atomic E-state index is 0.206. The van der Waals surface area contributed by atoms with Gasteiger partial charge in [0.05, 0.1) is 6.04 Å². The molecule has 3 heteroatoms. The van der Waals surface area contributed by atoms with Gasteiger partial charge in [-0.15, -0.1) is 0 Å². The van der Waals surface area contributed by atoms with Gasteiger partial charge in [0.15, 0.2) is 0 Å². The van der Waals surface area contributed by atoms with Crippen LogP contribution in [0.3, 0.4) is 0 Å². The molecule has 3 nitrogen and oxygen atoms in total. The van der Waals surface area contributed by atoms with Crippen molar-refractivity contribution in [1.82, 2.24) is 0 Å². The Morgan fingerprint density at radius 3 is 2.60 bits per heavy atom. The normalized spacial score (nSPS) is 13.0. The van der Waals surface area contributed by atoms with Crippen molar-refractivity contribution in [2.45, 2.75) is 38.6 Å². The van der Waals surface area contributed by atoms with E-state index in [1.807, 2.05) is 6.92 Å². The van der Waals surface area contributed by atoms with Crippen LogP contribution in [0.1, 0.15) is 32.6 Å². The Morgan fingerprint density at radius 1 is 1.40 bits per heavy atom. The summed E-state index contributed by atoms with van der Waals surface area (Å²) < 4.78 is 0. The molecule has 0 aromatic heterocycles. The molecule has 0 aromatic rings. The van der Waals surface area contributed by atoms with Gasteiger partial charge in [-0.1, -0.05) is 12.8 Å². The van der Waals surface area contributed by atoms with Crippen LogP contribution in [0.25, 0.3) is 0 Å². The molecule has 0 aliphatic rings. The van der Waals surface area contributed by atoms with Crippen LogP contribution in [0.5, 0.6) is 0 Å². The zero-order valence-electron chi connectivity index (χ0n) is 6.64. The number of nitrogens with two attached hydrogens (primary N) is 1. The molecule has 0 saturated heterocycles. The minimum Gasteiger partial charge on any atom is -0.330 e. The third-order valence-corrected chi connectivity index (χ3v) is 1.55. The highest BCUT2D eigenvalue weighted by molar-refractivity contribution is 4.55. The van der Waals surface area contributed by atoms with E-state index in [0.717, 1.165) is 25.8 Å². The van der Waals surface area contributed by atoms with Crippen molar-refractivity contribution in [2.24, 2.45) is 10.8 Å². The molecule has 0 radical (unpaired) electrons. The molecule has 0 aliphatic heterocycles. The molecule has 0 bridgehead atoms. The molecule has 0 spiro atoms. The largest absolute Gasteiger partial charge is 0.330 e. The fraction of sp³-hybridized carbons (Fsp3) is 1.00. The third kappa shape index (κ3) is 5.69. The highest BCUT2D eigenvalue weighted by atomic mass is 15.0. The van der Waals surface area contributed by atoms with E-state index in [1.165, 1.54) is 6.42 Å². The second-order valence-electron chi connectivity index (χ2n) is 2.62. The maximum absolute atomic E-state index is 6.69. The first-order valence-electron chi connectivity index (χ1n) is 3.88. The van der Waals surface area contributed by atoms with Crippen molar-refractivity contribution in [3.05, 3.63) is 0 Å².